The highest BCUT2D eigenvalue weighted by Crippen LogP contribution is 2.25. The number of methoxy groups -OCH3 is 1. The number of nitrogens with one attached hydrogen (secondary N) is 2. The van der Waals surface area contributed by atoms with Crippen LogP contribution in [0.25, 0.3) is 0 Å². The van der Waals surface area contributed by atoms with E-state index in [4.69, 9.17) is 4.74 Å². The Hall–Kier alpha value is -2.57. The molecule has 1 atom stereocenters. The van der Waals surface area contributed by atoms with Crippen LogP contribution in [0.3, 0.4) is 0 Å². The monoisotopic (exact) mass is 334 g/mol. The number of aryl methyl sites for hydroxylation is 1. The molecule has 0 fully saturated rings. The molecule has 2 rings (SSSR count). The highest BCUT2D eigenvalue weighted by molar-refractivity contribution is 5.90. The third-order valence-electron chi connectivity index (χ3n) is 3.94. The van der Waals surface area contributed by atoms with E-state index in [1.807, 2.05) is 13.1 Å². The van der Waals surface area contributed by atoms with E-state index in [9.17, 15) is 9.18 Å². The third kappa shape index (κ3) is 4.24. The fourth-order valence-corrected chi connectivity index (χ4v) is 2.58. The fraction of sp³-hybridized carbons (Fsp3) is 0.412. The van der Waals surface area contributed by atoms with Crippen LogP contribution in [0.15, 0.2) is 30.5 Å². The van der Waals surface area contributed by atoms with Crippen molar-refractivity contribution in [1.29, 1.82) is 0 Å². The molecule has 0 aliphatic rings. The van der Waals surface area contributed by atoms with Gasteiger partial charge in [0.05, 0.1) is 12.8 Å². The molecule has 6 nitrogen and oxygen atoms in total. The average Bonchev–Trinajstić information content (AvgIpc) is 2.93. The SMILES string of the molecule is COc1ccc(F)cc1NC(=O)NC[C@@H](c1ccnn1C)C(C)C. The summed E-state index contributed by atoms with van der Waals surface area (Å²) in [5.74, 6) is 0.404. The van der Waals surface area contributed by atoms with E-state index in [0.29, 0.717) is 18.2 Å². The zero-order valence-electron chi connectivity index (χ0n) is 14.3. The van der Waals surface area contributed by atoms with Gasteiger partial charge in [0.15, 0.2) is 0 Å². The summed E-state index contributed by atoms with van der Waals surface area (Å²) in [6.07, 6.45) is 1.74. The lowest BCUT2D eigenvalue weighted by atomic mass is 9.92. The number of nitrogens with zero attached hydrogens (tertiary/aromatic N) is 2. The fourth-order valence-electron chi connectivity index (χ4n) is 2.58. The summed E-state index contributed by atoms with van der Waals surface area (Å²) < 4.78 is 20.3. The van der Waals surface area contributed by atoms with Crippen molar-refractivity contribution in [1.82, 2.24) is 15.1 Å². The number of ether oxygens (including phenoxy) is 1. The zero-order valence-corrected chi connectivity index (χ0v) is 14.3. The first-order valence-corrected chi connectivity index (χ1v) is 7.78. The van der Waals surface area contributed by atoms with Gasteiger partial charge in [-0.25, -0.2) is 9.18 Å². The second kappa shape index (κ2) is 7.81. The van der Waals surface area contributed by atoms with Gasteiger partial charge in [0.25, 0.3) is 0 Å². The maximum atomic E-state index is 13.3. The zero-order chi connectivity index (χ0) is 17.7. The third-order valence-corrected chi connectivity index (χ3v) is 3.94. The predicted octanol–water partition coefficient (Wildman–Crippen LogP) is 3.13. The van der Waals surface area contributed by atoms with Gasteiger partial charge in [-0.3, -0.25) is 4.68 Å². The molecular formula is C17H23FN4O2. The Bertz CT molecular complexity index is 700. The topological polar surface area (TPSA) is 68.2 Å². The van der Waals surface area contributed by atoms with E-state index in [-0.39, 0.29) is 11.6 Å². The van der Waals surface area contributed by atoms with Crippen molar-refractivity contribution in [2.45, 2.75) is 19.8 Å². The number of hydrogen-bond donors (Lipinski definition) is 2. The van der Waals surface area contributed by atoms with Crippen LogP contribution < -0.4 is 15.4 Å². The van der Waals surface area contributed by atoms with Gasteiger partial charge in [-0.1, -0.05) is 13.8 Å². The number of aromatic nitrogens is 2. The molecule has 24 heavy (non-hydrogen) atoms. The van der Waals surface area contributed by atoms with Gasteiger partial charge in [0, 0.05) is 37.5 Å². The van der Waals surface area contributed by atoms with Crippen LogP contribution in [0, 0.1) is 11.7 Å². The molecule has 2 amide bonds. The molecule has 2 aromatic rings. The van der Waals surface area contributed by atoms with Gasteiger partial charge < -0.3 is 15.4 Å². The molecule has 0 spiro atoms. The summed E-state index contributed by atoms with van der Waals surface area (Å²) in [6.45, 7) is 4.63. The number of rotatable bonds is 6. The second-order valence-electron chi connectivity index (χ2n) is 5.91. The Balaban J connectivity index is 2.02. The summed E-state index contributed by atoms with van der Waals surface area (Å²) >= 11 is 0. The summed E-state index contributed by atoms with van der Waals surface area (Å²) in [7, 11) is 3.34. The van der Waals surface area contributed by atoms with Crippen LogP contribution in [-0.4, -0.2) is 29.5 Å². The first-order chi connectivity index (χ1) is 11.4. The van der Waals surface area contributed by atoms with Crippen molar-refractivity contribution in [3.8, 4) is 5.75 Å². The van der Waals surface area contributed by atoms with E-state index < -0.39 is 11.8 Å². The van der Waals surface area contributed by atoms with Crippen LogP contribution in [0.1, 0.15) is 25.5 Å². The summed E-state index contributed by atoms with van der Waals surface area (Å²) in [6, 6.07) is 5.50. The van der Waals surface area contributed by atoms with Crippen LogP contribution in [0.2, 0.25) is 0 Å². The van der Waals surface area contributed by atoms with Gasteiger partial charge in [-0.2, -0.15) is 5.10 Å². The number of amides is 2. The summed E-state index contributed by atoms with van der Waals surface area (Å²) in [4.78, 5) is 12.2. The first kappa shape index (κ1) is 17.8. The molecule has 1 aromatic heterocycles. The van der Waals surface area contributed by atoms with Crippen molar-refractivity contribution >= 4 is 11.7 Å². The van der Waals surface area contributed by atoms with Crippen LogP contribution in [0.5, 0.6) is 5.75 Å². The van der Waals surface area contributed by atoms with Crippen molar-refractivity contribution in [2.24, 2.45) is 13.0 Å². The normalized spacial score (nSPS) is 12.1. The smallest absolute Gasteiger partial charge is 0.319 e. The Morgan fingerprint density at radius 2 is 2.12 bits per heavy atom. The highest BCUT2D eigenvalue weighted by Gasteiger charge is 2.20. The van der Waals surface area contributed by atoms with Gasteiger partial charge in [0.2, 0.25) is 0 Å². The van der Waals surface area contributed by atoms with E-state index in [0.717, 1.165) is 5.69 Å². The lowest BCUT2D eigenvalue weighted by molar-refractivity contribution is 0.250. The molecular weight excluding hydrogens is 311 g/mol. The van der Waals surface area contributed by atoms with Crippen molar-refractivity contribution in [3.05, 3.63) is 42.0 Å². The maximum Gasteiger partial charge on any atom is 0.319 e. The van der Waals surface area contributed by atoms with Crippen molar-refractivity contribution in [2.75, 3.05) is 19.0 Å². The molecule has 2 N–H and O–H groups in total. The van der Waals surface area contributed by atoms with Gasteiger partial charge in [-0.05, 0) is 24.1 Å². The summed E-state index contributed by atoms with van der Waals surface area (Å²) in [5.41, 5.74) is 1.34. The Kier molecular flexibility index (Phi) is 5.78. The minimum absolute atomic E-state index is 0.123. The average molecular weight is 334 g/mol. The number of hydrogen-bond acceptors (Lipinski definition) is 3. The number of carbonyl (C=O) groups excluding carboxylic acids is 1. The second-order valence-corrected chi connectivity index (χ2v) is 5.91. The van der Waals surface area contributed by atoms with E-state index >= 15 is 0 Å². The minimum atomic E-state index is -0.443. The predicted molar refractivity (Wildman–Crippen MR) is 90.8 cm³/mol. The Morgan fingerprint density at radius 3 is 2.71 bits per heavy atom. The maximum absolute atomic E-state index is 13.3. The molecule has 0 saturated heterocycles. The van der Waals surface area contributed by atoms with Crippen molar-refractivity contribution < 1.29 is 13.9 Å². The highest BCUT2D eigenvalue weighted by atomic mass is 19.1. The van der Waals surface area contributed by atoms with E-state index in [2.05, 4.69) is 29.6 Å². The molecule has 130 valence electrons. The minimum Gasteiger partial charge on any atom is -0.495 e. The van der Waals surface area contributed by atoms with E-state index in [1.54, 1.807) is 10.9 Å². The molecule has 0 unspecified atom stereocenters. The van der Waals surface area contributed by atoms with E-state index in [1.165, 1.54) is 25.3 Å². The Labute approximate surface area is 141 Å². The van der Waals surface area contributed by atoms with Gasteiger partial charge >= 0.3 is 6.03 Å². The molecule has 1 heterocycles. The Morgan fingerprint density at radius 1 is 1.38 bits per heavy atom. The number of halogens is 1. The van der Waals surface area contributed by atoms with Crippen LogP contribution in [0.4, 0.5) is 14.9 Å². The molecule has 0 aliphatic heterocycles. The lowest BCUT2D eigenvalue weighted by Crippen LogP contribution is -2.34. The number of carbonyl (C=O) groups is 1. The molecule has 1 aromatic carbocycles. The quantitative estimate of drug-likeness (QED) is 0.853. The van der Waals surface area contributed by atoms with Gasteiger partial charge in [-0.15, -0.1) is 0 Å². The molecule has 0 aliphatic carbocycles. The number of urea groups is 1. The molecule has 0 saturated carbocycles. The molecule has 0 radical (unpaired) electrons. The standard InChI is InChI=1S/C17H23FN4O2/c1-11(2)13(15-7-8-20-22(15)3)10-19-17(23)21-14-9-12(18)5-6-16(14)24-4/h5-9,11,13H,10H2,1-4H3,(H2,19,21,23)/t13-/m1/s1. The summed E-state index contributed by atoms with van der Waals surface area (Å²) in [5, 5.41) is 9.63. The van der Waals surface area contributed by atoms with Gasteiger partial charge in [0.1, 0.15) is 11.6 Å². The number of benzene rings is 1. The van der Waals surface area contributed by atoms with Crippen LogP contribution in [-0.2, 0) is 7.05 Å². The molecule has 7 heteroatoms. The van der Waals surface area contributed by atoms with Crippen molar-refractivity contribution in [3.63, 3.8) is 0 Å². The number of anilines is 1. The first-order valence-electron chi connectivity index (χ1n) is 7.78. The van der Waals surface area contributed by atoms with Crippen LogP contribution >= 0.6 is 0 Å². The largest absolute Gasteiger partial charge is 0.495 e. The molecule has 0 bridgehead atoms. The lowest BCUT2D eigenvalue weighted by Gasteiger charge is -2.22.